The highest BCUT2D eigenvalue weighted by molar-refractivity contribution is 5.60. The van der Waals surface area contributed by atoms with E-state index in [-0.39, 0.29) is 17.3 Å². The number of likely N-dealkylation sites (N-methyl/N-ethyl adjacent to an activating group) is 1. The van der Waals surface area contributed by atoms with Gasteiger partial charge < -0.3 is 19.8 Å². The summed E-state index contributed by atoms with van der Waals surface area (Å²) in [5, 5.41) is 20.8. The van der Waals surface area contributed by atoms with Gasteiger partial charge in [-0.15, -0.1) is 0 Å². The molecule has 1 saturated carbocycles. The molecule has 2 aliphatic heterocycles. The monoisotopic (exact) mass is 287 g/mol. The summed E-state index contributed by atoms with van der Waals surface area (Å²) in [5.41, 5.74) is 2.46. The summed E-state index contributed by atoms with van der Waals surface area (Å²) in [4.78, 5) is 2.48. The van der Waals surface area contributed by atoms with E-state index in [2.05, 4.69) is 18.0 Å². The third kappa shape index (κ3) is 1.25. The first-order valence-electron chi connectivity index (χ1n) is 8.03. The van der Waals surface area contributed by atoms with E-state index >= 15 is 0 Å². The summed E-state index contributed by atoms with van der Waals surface area (Å²) < 4.78 is 6.14. The number of rotatable bonds is 0. The van der Waals surface area contributed by atoms with E-state index in [9.17, 15) is 10.2 Å². The lowest BCUT2D eigenvalue weighted by atomic mass is 9.51. The maximum Gasteiger partial charge on any atom is 0.165 e. The van der Waals surface area contributed by atoms with Crippen LogP contribution in [0.1, 0.15) is 30.4 Å². The lowest BCUT2D eigenvalue weighted by Crippen LogP contribution is -2.66. The molecule has 0 radical (unpaired) electrons. The number of benzene rings is 1. The van der Waals surface area contributed by atoms with Crippen LogP contribution >= 0.6 is 0 Å². The van der Waals surface area contributed by atoms with Crippen LogP contribution in [0.15, 0.2) is 12.1 Å². The van der Waals surface area contributed by atoms with Crippen molar-refractivity contribution >= 4 is 0 Å². The number of phenols is 1. The SMILES string of the molecule is CN1CC[C@]23c4c5ccc(O)c4O[C@@H]2[C@H](O)CC[C@H]3[C@@H]1C5. The van der Waals surface area contributed by atoms with Gasteiger partial charge in [0.25, 0.3) is 0 Å². The summed E-state index contributed by atoms with van der Waals surface area (Å²) in [5.74, 6) is 1.44. The minimum absolute atomic E-state index is 0.0729. The Morgan fingerprint density at radius 1 is 1.33 bits per heavy atom. The van der Waals surface area contributed by atoms with Crippen LogP contribution in [-0.4, -0.2) is 47.0 Å². The number of piperidine rings is 1. The second kappa shape index (κ2) is 3.73. The van der Waals surface area contributed by atoms with Crippen molar-refractivity contribution in [3.05, 3.63) is 23.3 Å². The molecule has 4 heteroatoms. The quantitative estimate of drug-likeness (QED) is 0.758. The van der Waals surface area contributed by atoms with Crippen LogP contribution in [0.25, 0.3) is 0 Å². The van der Waals surface area contributed by atoms with Gasteiger partial charge in [0.15, 0.2) is 11.5 Å². The van der Waals surface area contributed by atoms with E-state index in [1.54, 1.807) is 6.07 Å². The zero-order chi connectivity index (χ0) is 14.4. The van der Waals surface area contributed by atoms with Gasteiger partial charge in [-0.25, -0.2) is 0 Å². The summed E-state index contributed by atoms with van der Waals surface area (Å²) in [6.07, 6.45) is 3.35. The van der Waals surface area contributed by atoms with E-state index < -0.39 is 6.10 Å². The molecule has 2 aliphatic carbocycles. The molecule has 1 spiro atoms. The molecular formula is C17H21NO3. The molecule has 1 aromatic rings. The predicted molar refractivity (Wildman–Crippen MR) is 77.7 cm³/mol. The van der Waals surface area contributed by atoms with Crippen molar-refractivity contribution in [2.45, 2.75) is 49.3 Å². The molecule has 5 atom stereocenters. The molecule has 4 aliphatic rings. The van der Waals surface area contributed by atoms with Gasteiger partial charge in [0.05, 0.1) is 6.10 Å². The van der Waals surface area contributed by atoms with Crippen molar-refractivity contribution in [2.24, 2.45) is 5.92 Å². The second-order valence-electron chi connectivity index (χ2n) is 7.28. The van der Waals surface area contributed by atoms with Crippen LogP contribution in [-0.2, 0) is 11.8 Å². The molecule has 2 fully saturated rings. The van der Waals surface area contributed by atoms with E-state index in [4.69, 9.17) is 4.74 Å². The van der Waals surface area contributed by atoms with Gasteiger partial charge >= 0.3 is 0 Å². The number of nitrogens with zero attached hydrogens (tertiary/aromatic N) is 1. The van der Waals surface area contributed by atoms with Gasteiger partial charge in [-0.3, -0.25) is 0 Å². The van der Waals surface area contributed by atoms with Crippen LogP contribution in [0.4, 0.5) is 0 Å². The van der Waals surface area contributed by atoms with Crippen LogP contribution < -0.4 is 4.74 Å². The fourth-order valence-corrected chi connectivity index (χ4v) is 5.71. The van der Waals surface area contributed by atoms with E-state index in [1.807, 2.05) is 0 Å². The Bertz CT molecular complexity index is 631. The Labute approximate surface area is 124 Å². The molecular weight excluding hydrogens is 266 g/mol. The molecule has 1 saturated heterocycles. The number of likely N-dealkylation sites (tertiary alicyclic amines) is 1. The summed E-state index contributed by atoms with van der Waals surface area (Å²) in [7, 11) is 2.22. The summed E-state index contributed by atoms with van der Waals surface area (Å²) >= 11 is 0. The smallest absolute Gasteiger partial charge is 0.165 e. The average molecular weight is 287 g/mol. The standard InChI is InChI=1S/C17H21NO3/c1-18-7-6-17-10-3-5-13(20)16(17)21-15-12(19)4-2-9(14(15)17)8-11(10)18/h2,4,10-11,13,16,19-20H,3,5-8H2,1H3/t10-,11-,13+,16+,17-/m0/s1. The van der Waals surface area contributed by atoms with E-state index in [0.29, 0.717) is 17.7 Å². The fourth-order valence-electron chi connectivity index (χ4n) is 5.71. The third-order valence-corrected chi connectivity index (χ3v) is 6.56. The zero-order valence-corrected chi connectivity index (χ0v) is 12.2. The Morgan fingerprint density at radius 3 is 3.05 bits per heavy atom. The first-order chi connectivity index (χ1) is 10.1. The van der Waals surface area contributed by atoms with Crippen molar-refractivity contribution in [1.82, 2.24) is 4.90 Å². The van der Waals surface area contributed by atoms with Crippen LogP contribution in [0, 0.1) is 5.92 Å². The number of hydrogen-bond acceptors (Lipinski definition) is 4. The molecule has 0 unspecified atom stereocenters. The van der Waals surface area contributed by atoms with Gasteiger partial charge in [-0.1, -0.05) is 6.07 Å². The number of aromatic hydroxyl groups is 1. The highest BCUT2D eigenvalue weighted by Crippen LogP contribution is 2.63. The topological polar surface area (TPSA) is 52.9 Å². The van der Waals surface area contributed by atoms with Crippen molar-refractivity contribution in [1.29, 1.82) is 0 Å². The molecule has 5 rings (SSSR count). The molecule has 112 valence electrons. The lowest BCUT2D eigenvalue weighted by Gasteiger charge is -2.58. The minimum Gasteiger partial charge on any atom is -0.504 e. The first-order valence-corrected chi connectivity index (χ1v) is 8.03. The fraction of sp³-hybridized carbons (Fsp3) is 0.647. The van der Waals surface area contributed by atoms with Gasteiger partial charge in [0.1, 0.15) is 6.10 Å². The molecule has 21 heavy (non-hydrogen) atoms. The second-order valence-corrected chi connectivity index (χ2v) is 7.28. The average Bonchev–Trinajstić information content (AvgIpc) is 2.83. The molecule has 2 bridgehead atoms. The van der Waals surface area contributed by atoms with Crippen LogP contribution in [0.3, 0.4) is 0 Å². The van der Waals surface area contributed by atoms with Gasteiger partial charge in [0.2, 0.25) is 0 Å². The molecule has 2 heterocycles. The summed E-state index contributed by atoms with van der Waals surface area (Å²) in [6.45, 7) is 1.04. The van der Waals surface area contributed by atoms with Crippen molar-refractivity contribution in [3.8, 4) is 11.5 Å². The molecule has 0 aromatic heterocycles. The van der Waals surface area contributed by atoms with Crippen molar-refractivity contribution in [2.75, 3.05) is 13.6 Å². The highest BCUT2D eigenvalue weighted by atomic mass is 16.5. The predicted octanol–water partition coefficient (Wildman–Crippen LogP) is 1.42. The van der Waals surface area contributed by atoms with Gasteiger partial charge in [-0.2, -0.15) is 0 Å². The lowest BCUT2D eigenvalue weighted by molar-refractivity contribution is -0.0993. The molecule has 0 amide bonds. The Balaban J connectivity index is 1.81. The van der Waals surface area contributed by atoms with Crippen LogP contribution in [0.2, 0.25) is 0 Å². The normalized spacial score (nSPS) is 43.3. The molecule has 2 N–H and O–H groups in total. The third-order valence-electron chi connectivity index (χ3n) is 6.56. The number of aliphatic hydroxyl groups is 1. The molecule has 4 nitrogen and oxygen atoms in total. The van der Waals surface area contributed by atoms with Gasteiger partial charge in [0, 0.05) is 17.0 Å². The van der Waals surface area contributed by atoms with E-state index in [0.717, 1.165) is 32.2 Å². The molecule has 1 aromatic carbocycles. The summed E-state index contributed by atoms with van der Waals surface area (Å²) in [6, 6.07) is 4.36. The maximum atomic E-state index is 10.5. The Morgan fingerprint density at radius 2 is 2.19 bits per heavy atom. The number of phenolic OH excluding ortho intramolecular Hbond substituents is 1. The van der Waals surface area contributed by atoms with Crippen molar-refractivity contribution < 1.29 is 14.9 Å². The Kier molecular flexibility index (Phi) is 2.19. The first kappa shape index (κ1) is 12.3. The number of aliphatic hydroxyl groups excluding tert-OH is 1. The van der Waals surface area contributed by atoms with Crippen LogP contribution in [0.5, 0.6) is 11.5 Å². The number of hydrogen-bond donors (Lipinski definition) is 2. The zero-order valence-electron chi connectivity index (χ0n) is 12.2. The highest BCUT2D eigenvalue weighted by Gasteiger charge is 2.65. The maximum absolute atomic E-state index is 10.5. The van der Waals surface area contributed by atoms with Crippen molar-refractivity contribution in [3.63, 3.8) is 0 Å². The Hall–Kier alpha value is -1.26. The van der Waals surface area contributed by atoms with Gasteiger partial charge in [-0.05, 0) is 56.8 Å². The van der Waals surface area contributed by atoms with E-state index in [1.165, 1.54) is 11.1 Å². The largest absolute Gasteiger partial charge is 0.504 e. The number of ether oxygens (including phenoxy) is 1. The minimum atomic E-state index is -0.414.